The number of nitrogens with zero attached hydrogens (tertiary/aromatic N) is 3. The van der Waals surface area contributed by atoms with Crippen LogP contribution in [0.25, 0.3) is 0 Å². The maximum atomic E-state index is 5.51. The summed E-state index contributed by atoms with van der Waals surface area (Å²) in [6, 6.07) is 11.5. The SMILES string of the molecule is CCNC(=NCC(C)(C)NC(C)c1ccccc1)N1CCC(N2CCOCC2)C1. The Morgan fingerprint density at radius 1 is 1.21 bits per heavy atom. The van der Waals surface area contributed by atoms with E-state index in [-0.39, 0.29) is 5.54 Å². The Morgan fingerprint density at radius 2 is 1.93 bits per heavy atom. The molecule has 0 saturated carbocycles. The maximum Gasteiger partial charge on any atom is 0.194 e. The van der Waals surface area contributed by atoms with Gasteiger partial charge < -0.3 is 20.3 Å². The van der Waals surface area contributed by atoms with Gasteiger partial charge >= 0.3 is 0 Å². The first-order chi connectivity index (χ1) is 14.0. The molecule has 2 fully saturated rings. The minimum atomic E-state index is -0.0841. The van der Waals surface area contributed by atoms with Gasteiger partial charge in [-0.25, -0.2) is 0 Å². The number of benzene rings is 1. The Kier molecular flexibility index (Phi) is 7.92. The van der Waals surface area contributed by atoms with Gasteiger partial charge in [0.2, 0.25) is 0 Å². The lowest BCUT2D eigenvalue weighted by molar-refractivity contribution is 0.0195. The lowest BCUT2D eigenvalue weighted by Crippen LogP contribution is -2.48. The largest absolute Gasteiger partial charge is 0.379 e. The number of hydrogen-bond acceptors (Lipinski definition) is 4. The Bertz CT molecular complexity index is 642. The molecular formula is C23H39N5O. The van der Waals surface area contributed by atoms with Crippen LogP contribution in [0.5, 0.6) is 0 Å². The Morgan fingerprint density at radius 3 is 2.62 bits per heavy atom. The smallest absolute Gasteiger partial charge is 0.194 e. The third kappa shape index (κ3) is 6.43. The van der Waals surface area contributed by atoms with Crippen molar-refractivity contribution in [3.63, 3.8) is 0 Å². The standard InChI is InChI=1S/C23H39N5O/c1-5-24-22(28-12-11-21(17-28)27-13-15-29-16-14-27)25-18-23(3,4)26-19(2)20-9-7-6-8-10-20/h6-10,19,21,26H,5,11-18H2,1-4H3,(H,24,25). The van der Waals surface area contributed by atoms with Gasteiger partial charge in [0.05, 0.1) is 19.8 Å². The van der Waals surface area contributed by atoms with Crippen molar-refractivity contribution in [1.29, 1.82) is 0 Å². The second-order valence-corrected chi connectivity index (χ2v) is 8.87. The summed E-state index contributed by atoms with van der Waals surface area (Å²) >= 11 is 0. The zero-order chi connectivity index (χ0) is 20.7. The molecule has 2 atom stereocenters. The molecule has 162 valence electrons. The van der Waals surface area contributed by atoms with Crippen LogP contribution in [0.4, 0.5) is 0 Å². The summed E-state index contributed by atoms with van der Waals surface area (Å²) in [6.45, 7) is 16.4. The molecule has 1 aromatic rings. The number of hydrogen-bond donors (Lipinski definition) is 2. The Balaban J connectivity index is 1.58. The van der Waals surface area contributed by atoms with E-state index in [9.17, 15) is 0 Å². The molecule has 2 N–H and O–H groups in total. The van der Waals surface area contributed by atoms with Crippen LogP contribution < -0.4 is 10.6 Å². The van der Waals surface area contributed by atoms with Crippen molar-refractivity contribution in [2.75, 3.05) is 52.5 Å². The minimum absolute atomic E-state index is 0.0841. The molecule has 2 saturated heterocycles. The van der Waals surface area contributed by atoms with E-state index >= 15 is 0 Å². The van der Waals surface area contributed by atoms with Crippen LogP contribution in [0.15, 0.2) is 35.3 Å². The van der Waals surface area contributed by atoms with Gasteiger partial charge in [0, 0.05) is 50.3 Å². The number of morpholine rings is 1. The van der Waals surface area contributed by atoms with E-state index < -0.39 is 0 Å². The lowest BCUT2D eigenvalue weighted by Gasteiger charge is -2.33. The number of rotatable bonds is 7. The summed E-state index contributed by atoms with van der Waals surface area (Å²) in [6.07, 6.45) is 1.21. The fourth-order valence-electron chi connectivity index (χ4n) is 4.33. The number of aliphatic imine (C=N–C) groups is 1. The summed E-state index contributed by atoms with van der Waals surface area (Å²) in [5, 5.41) is 7.26. The first-order valence-corrected chi connectivity index (χ1v) is 11.2. The van der Waals surface area contributed by atoms with Gasteiger partial charge in [-0.3, -0.25) is 9.89 Å². The topological polar surface area (TPSA) is 52.1 Å². The summed E-state index contributed by atoms with van der Waals surface area (Å²) in [5.74, 6) is 1.05. The molecule has 0 aromatic heterocycles. The van der Waals surface area contributed by atoms with Crippen molar-refractivity contribution < 1.29 is 4.74 Å². The van der Waals surface area contributed by atoms with E-state index in [1.807, 2.05) is 0 Å². The van der Waals surface area contributed by atoms with Crippen molar-refractivity contribution >= 4 is 5.96 Å². The van der Waals surface area contributed by atoms with Crippen LogP contribution in [0, 0.1) is 0 Å². The first kappa shape index (κ1) is 22.1. The fraction of sp³-hybridized carbons (Fsp3) is 0.696. The van der Waals surface area contributed by atoms with Gasteiger partial charge in [0.25, 0.3) is 0 Å². The van der Waals surface area contributed by atoms with Crippen LogP contribution in [-0.4, -0.2) is 79.8 Å². The number of nitrogens with one attached hydrogen (secondary N) is 2. The molecule has 0 spiro atoms. The molecule has 1 aromatic carbocycles. The molecule has 2 aliphatic rings. The van der Waals surface area contributed by atoms with Gasteiger partial charge in [0.15, 0.2) is 5.96 Å². The van der Waals surface area contributed by atoms with Gasteiger partial charge in [-0.05, 0) is 39.7 Å². The normalized spacial score (nSPS) is 22.7. The van der Waals surface area contributed by atoms with E-state index in [1.165, 1.54) is 12.0 Å². The predicted octanol–water partition coefficient (Wildman–Crippen LogP) is 2.49. The van der Waals surface area contributed by atoms with Crippen molar-refractivity contribution in [3.8, 4) is 0 Å². The highest BCUT2D eigenvalue weighted by atomic mass is 16.5. The van der Waals surface area contributed by atoms with Crippen molar-refractivity contribution in [3.05, 3.63) is 35.9 Å². The van der Waals surface area contributed by atoms with Crippen LogP contribution in [0.2, 0.25) is 0 Å². The zero-order valence-corrected chi connectivity index (χ0v) is 18.7. The zero-order valence-electron chi connectivity index (χ0n) is 18.7. The highest BCUT2D eigenvalue weighted by molar-refractivity contribution is 5.80. The third-order valence-electron chi connectivity index (χ3n) is 5.89. The van der Waals surface area contributed by atoms with Crippen molar-refractivity contribution in [1.82, 2.24) is 20.4 Å². The molecule has 2 heterocycles. The summed E-state index contributed by atoms with van der Waals surface area (Å²) < 4.78 is 5.51. The molecule has 0 bridgehead atoms. The summed E-state index contributed by atoms with van der Waals surface area (Å²) in [7, 11) is 0. The fourth-order valence-corrected chi connectivity index (χ4v) is 4.33. The van der Waals surface area contributed by atoms with E-state index in [1.54, 1.807) is 0 Å². The molecule has 29 heavy (non-hydrogen) atoms. The molecule has 2 aliphatic heterocycles. The van der Waals surface area contributed by atoms with Gasteiger partial charge in [0.1, 0.15) is 0 Å². The molecule has 0 radical (unpaired) electrons. The third-order valence-corrected chi connectivity index (χ3v) is 5.89. The van der Waals surface area contributed by atoms with Gasteiger partial charge in [-0.15, -0.1) is 0 Å². The average molecular weight is 402 g/mol. The summed E-state index contributed by atoms with van der Waals surface area (Å²) in [5.41, 5.74) is 1.23. The first-order valence-electron chi connectivity index (χ1n) is 11.2. The van der Waals surface area contributed by atoms with E-state index in [2.05, 4.69) is 78.5 Å². The molecule has 0 amide bonds. The highest BCUT2D eigenvalue weighted by Crippen LogP contribution is 2.19. The molecular weight excluding hydrogens is 362 g/mol. The number of guanidine groups is 1. The lowest BCUT2D eigenvalue weighted by atomic mass is 10.0. The van der Waals surface area contributed by atoms with Crippen molar-refractivity contribution in [2.45, 2.75) is 51.7 Å². The predicted molar refractivity (Wildman–Crippen MR) is 120 cm³/mol. The van der Waals surface area contributed by atoms with Crippen LogP contribution in [0.1, 0.15) is 45.7 Å². The molecule has 2 unspecified atom stereocenters. The average Bonchev–Trinajstić information content (AvgIpc) is 3.22. The van der Waals surface area contributed by atoms with Gasteiger partial charge in [-0.2, -0.15) is 0 Å². The Labute approximate surface area is 176 Å². The second kappa shape index (κ2) is 10.4. The summed E-state index contributed by atoms with van der Waals surface area (Å²) in [4.78, 5) is 10.0. The van der Waals surface area contributed by atoms with Gasteiger partial charge in [-0.1, -0.05) is 30.3 Å². The second-order valence-electron chi connectivity index (χ2n) is 8.87. The van der Waals surface area contributed by atoms with E-state index in [0.29, 0.717) is 12.1 Å². The quantitative estimate of drug-likeness (QED) is 0.543. The van der Waals surface area contributed by atoms with E-state index in [4.69, 9.17) is 9.73 Å². The number of likely N-dealkylation sites (tertiary alicyclic amines) is 1. The maximum absolute atomic E-state index is 5.51. The van der Waals surface area contributed by atoms with Crippen LogP contribution in [0.3, 0.4) is 0 Å². The monoisotopic (exact) mass is 401 g/mol. The molecule has 0 aliphatic carbocycles. The Hall–Kier alpha value is -1.63. The van der Waals surface area contributed by atoms with Crippen LogP contribution in [-0.2, 0) is 4.74 Å². The minimum Gasteiger partial charge on any atom is -0.379 e. The highest BCUT2D eigenvalue weighted by Gasteiger charge is 2.30. The molecule has 6 heteroatoms. The van der Waals surface area contributed by atoms with Crippen molar-refractivity contribution in [2.24, 2.45) is 4.99 Å². The molecule has 3 rings (SSSR count). The van der Waals surface area contributed by atoms with Crippen LogP contribution >= 0.6 is 0 Å². The number of ether oxygens (including phenoxy) is 1. The van der Waals surface area contributed by atoms with E-state index in [0.717, 1.165) is 58.4 Å². The molecule has 6 nitrogen and oxygen atoms in total.